The summed E-state index contributed by atoms with van der Waals surface area (Å²) in [5.41, 5.74) is 2.76. The molecule has 0 spiro atoms. The Balaban J connectivity index is 2.99. The molecule has 1 atom stereocenters. The summed E-state index contributed by atoms with van der Waals surface area (Å²) in [5.74, 6) is 0. The van der Waals surface area contributed by atoms with E-state index in [0.717, 1.165) is 10.0 Å². The van der Waals surface area contributed by atoms with Crippen molar-refractivity contribution in [3.05, 3.63) is 34.3 Å². The quantitative estimate of drug-likeness (QED) is 0.728. The van der Waals surface area contributed by atoms with Gasteiger partial charge in [0.05, 0.1) is 12.6 Å². The van der Waals surface area contributed by atoms with Crippen molar-refractivity contribution in [2.75, 3.05) is 13.7 Å². The molecule has 0 heterocycles. The SMILES string of the molecule is CONCC(C)(NC(=O)O)c1cccc(Br)c1. The highest BCUT2D eigenvalue weighted by Crippen LogP contribution is 2.23. The van der Waals surface area contributed by atoms with E-state index in [9.17, 15) is 4.79 Å². The summed E-state index contributed by atoms with van der Waals surface area (Å²) in [4.78, 5) is 15.6. The fourth-order valence-corrected chi connectivity index (χ4v) is 1.90. The second kappa shape index (κ2) is 6.00. The van der Waals surface area contributed by atoms with Crippen LogP contribution in [-0.4, -0.2) is 24.9 Å². The third-order valence-corrected chi connectivity index (χ3v) is 2.91. The van der Waals surface area contributed by atoms with Crippen LogP contribution in [0.2, 0.25) is 0 Å². The van der Waals surface area contributed by atoms with Gasteiger partial charge in [0.2, 0.25) is 0 Å². The highest BCUT2D eigenvalue weighted by atomic mass is 79.9. The third kappa shape index (κ3) is 3.99. The van der Waals surface area contributed by atoms with Crippen LogP contribution in [-0.2, 0) is 10.4 Å². The maximum atomic E-state index is 10.8. The lowest BCUT2D eigenvalue weighted by Gasteiger charge is -2.30. The summed E-state index contributed by atoms with van der Waals surface area (Å²) in [7, 11) is 1.49. The van der Waals surface area contributed by atoms with E-state index in [4.69, 9.17) is 9.94 Å². The van der Waals surface area contributed by atoms with Crippen molar-refractivity contribution in [2.45, 2.75) is 12.5 Å². The molecule has 5 nitrogen and oxygen atoms in total. The molecule has 1 rings (SSSR count). The van der Waals surface area contributed by atoms with Crippen LogP contribution in [0.1, 0.15) is 12.5 Å². The zero-order valence-electron chi connectivity index (χ0n) is 9.66. The van der Waals surface area contributed by atoms with Crippen molar-refractivity contribution in [1.82, 2.24) is 10.8 Å². The van der Waals surface area contributed by atoms with Gasteiger partial charge in [0.25, 0.3) is 0 Å². The van der Waals surface area contributed by atoms with Crippen LogP contribution in [0.15, 0.2) is 28.7 Å². The van der Waals surface area contributed by atoms with Gasteiger partial charge in [-0.2, -0.15) is 0 Å². The molecule has 1 aromatic rings. The molecule has 1 aromatic carbocycles. The molecule has 94 valence electrons. The number of amides is 1. The van der Waals surface area contributed by atoms with Crippen LogP contribution in [0.3, 0.4) is 0 Å². The van der Waals surface area contributed by atoms with Crippen LogP contribution < -0.4 is 10.8 Å². The second-order valence-electron chi connectivity index (χ2n) is 3.80. The van der Waals surface area contributed by atoms with E-state index in [-0.39, 0.29) is 0 Å². The van der Waals surface area contributed by atoms with E-state index in [1.165, 1.54) is 7.11 Å². The summed E-state index contributed by atoms with van der Waals surface area (Å²) in [6, 6.07) is 7.47. The van der Waals surface area contributed by atoms with Gasteiger partial charge in [-0.05, 0) is 24.6 Å². The zero-order valence-corrected chi connectivity index (χ0v) is 11.2. The molecule has 3 N–H and O–H groups in total. The Morgan fingerprint density at radius 2 is 2.29 bits per heavy atom. The van der Waals surface area contributed by atoms with Gasteiger partial charge in [0.15, 0.2) is 0 Å². The summed E-state index contributed by atoms with van der Waals surface area (Å²) in [6.07, 6.45) is -1.08. The molecule has 0 bridgehead atoms. The van der Waals surface area contributed by atoms with Crippen LogP contribution in [0.5, 0.6) is 0 Å². The molecule has 0 saturated heterocycles. The Morgan fingerprint density at radius 3 is 2.82 bits per heavy atom. The van der Waals surface area contributed by atoms with Crippen molar-refractivity contribution < 1.29 is 14.7 Å². The summed E-state index contributed by atoms with van der Waals surface area (Å²) in [6.45, 7) is 2.11. The van der Waals surface area contributed by atoms with Crippen molar-refractivity contribution >= 4 is 22.0 Å². The normalized spacial score (nSPS) is 14.1. The molecule has 0 aliphatic rings. The topological polar surface area (TPSA) is 70.6 Å². The first-order valence-electron chi connectivity index (χ1n) is 5.01. The average Bonchev–Trinajstić information content (AvgIpc) is 2.25. The average molecular weight is 303 g/mol. The minimum atomic E-state index is -1.08. The van der Waals surface area contributed by atoms with E-state index in [0.29, 0.717) is 6.54 Å². The maximum absolute atomic E-state index is 10.8. The van der Waals surface area contributed by atoms with E-state index in [1.54, 1.807) is 6.92 Å². The zero-order chi connectivity index (χ0) is 12.9. The third-order valence-electron chi connectivity index (χ3n) is 2.41. The monoisotopic (exact) mass is 302 g/mol. The van der Waals surface area contributed by atoms with Crippen LogP contribution in [0.25, 0.3) is 0 Å². The van der Waals surface area contributed by atoms with E-state index in [2.05, 4.69) is 26.7 Å². The van der Waals surface area contributed by atoms with Crippen molar-refractivity contribution in [3.63, 3.8) is 0 Å². The molecular formula is C11H15BrN2O3. The summed E-state index contributed by atoms with van der Waals surface area (Å²) in [5, 5.41) is 11.4. The smallest absolute Gasteiger partial charge is 0.405 e. The van der Waals surface area contributed by atoms with E-state index in [1.807, 2.05) is 24.3 Å². The molecule has 0 aliphatic heterocycles. The van der Waals surface area contributed by atoms with Gasteiger partial charge in [-0.25, -0.2) is 10.3 Å². The molecular weight excluding hydrogens is 288 g/mol. The Hall–Kier alpha value is -1.11. The number of benzene rings is 1. The minimum absolute atomic E-state index is 0.326. The molecule has 6 heteroatoms. The summed E-state index contributed by atoms with van der Waals surface area (Å²) >= 11 is 3.36. The number of hydrogen-bond acceptors (Lipinski definition) is 3. The van der Waals surface area contributed by atoms with E-state index < -0.39 is 11.6 Å². The standard InChI is InChI=1S/C11H15BrN2O3/c1-11(7-13-17-2,14-10(15)16)8-4-3-5-9(12)6-8/h3-6,13-14H,7H2,1-2H3,(H,15,16). The van der Waals surface area contributed by atoms with Crippen LogP contribution in [0, 0.1) is 0 Å². The molecule has 0 radical (unpaired) electrons. The van der Waals surface area contributed by atoms with Gasteiger partial charge >= 0.3 is 6.09 Å². The number of carbonyl (C=O) groups is 1. The fraction of sp³-hybridized carbons (Fsp3) is 0.364. The van der Waals surface area contributed by atoms with Crippen LogP contribution >= 0.6 is 15.9 Å². The number of halogens is 1. The van der Waals surface area contributed by atoms with Gasteiger partial charge in [0, 0.05) is 11.0 Å². The Bertz CT molecular complexity index is 400. The predicted molar refractivity (Wildman–Crippen MR) is 67.7 cm³/mol. The first-order chi connectivity index (χ1) is 7.98. The predicted octanol–water partition coefficient (Wildman–Crippen LogP) is 2.08. The highest BCUT2D eigenvalue weighted by Gasteiger charge is 2.28. The van der Waals surface area contributed by atoms with Gasteiger partial charge in [-0.1, -0.05) is 28.1 Å². The number of hydrogen-bond donors (Lipinski definition) is 3. The van der Waals surface area contributed by atoms with Crippen molar-refractivity contribution in [1.29, 1.82) is 0 Å². The number of nitrogens with one attached hydrogen (secondary N) is 2. The molecule has 0 saturated carbocycles. The van der Waals surface area contributed by atoms with Gasteiger partial charge < -0.3 is 15.3 Å². The van der Waals surface area contributed by atoms with Gasteiger partial charge in [-0.15, -0.1) is 0 Å². The molecule has 0 fully saturated rings. The maximum Gasteiger partial charge on any atom is 0.405 e. The van der Waals surface area contributed by atoms with Gasteiger partial charge in [-0.3, -0.25) is 0 Å². The molecule has 1 amide bonds. The molecule has 1 unspecified atom stereocenters. The highest BCUT2D eigenvalue weighted by molar-refractivity contribution is 9.10. The summed E-state index contributed by atoms with van der Waals surface area (Å²) < 4.78 is 0.894. The molecule has 17 heavy (non-hydrogen) atoms. The lowest BCUT2D eigenvalue weighted by molar-refractivity contribution is 0.0693. The van der Waals surface area contributed by atoms with E-state index >= 15 is 0 Å². The fourth-order valence-electron chi connectivity index (χ4n) is 1.50. The first-order valence-corrected chi connectivity index (χ1v) is 5.80. The molecule has 0 aliphatic carbocycles. The van der Waals surface area contributed by atoms with Crippen LogP contribution in [0.4, 0.5) is 4.79 Å². The number of rotatable bonds is 5. The Labute approximate surface area is 108 Å². The van der Waals surface area contributed by atoms with Gasteiger partial charge in [0.1, 0.15) is 0 Å². The lowest BCUT2D eigenvalue weighted by Crippen LogP contribution is -2.49. The van der Waals surface area contributed by atoms with Crippen molar-refractivity contribution in [2.24, 2.45) is 0 Å². The van der Waals surface area contributed by atoms with Crippen molar-refractivity contribution in [3.8, 4) is 0 Å². The first kappa shape index (κ1) is 14.0. The largest absolute Gasteiger partial charge is 0.465 e. The Kier molecular flexibility index (Phi) is 4.92. The number of carboxylic acid groups (broad SMARTS) is 1. The minimum Gasteiger partial charge on any atom is -0.465 e. The lowest BCUT2D eigenvalue weighted by atomic mass is 9.92. The second-order valence-corrected chi connectivity index (χ2v) is 4.71. The number of hydroxylamine groups is 1. The Morgan fingerprint density at radius 1 is 1.59 bits per heavy atom. The molecule has 0 aromatic heterocycles.